The second-order valence-electron chi connectivity index (χ2n) is 4.72. The zero-order valence-electron chi connectivity index (χ0n) is 12.1. The monoisotopic (exact) mass is 287 g/mol. The Balaban J connectivity index is 2.24. The van der Waals surface area contributed by atoms with E-state index in [1.165, 1.54) is 9.80 Å². The molecule has 0 N–H and O–H groups in total. The lowest BCUT2D eigenvalue weighted by molar-refractivity contribution is -0.132. The lowest BCUT2D eigenvalue weighted by Gasteiger charge is -2.33. The van der Waals surface area contributed by atoms with E-state index in [-0.39, 0.29) is 24.9 Å². The van der Waals surface area contributed by atoms with Crippen molar-refractivity contribution in [2.75, 3.05) is 24.5 Å². The number of nitriles is 1. The van der Waals surface area contributed by atoms with Gasteiger partial charge in [0.25, 0.3) is 5.91 Å². The molecule has 0 aliphatic carbocycles. The Morgan fingerprint density at radius 3 is 2.86 bits per heavy atom. The molecule has 0 saturated heterocycles. The summed E-state index contributed by atoms with van der Waals surface area (Å²) >= 11 is 0. The summed E-state index contributed by atoms with van der Waals surface area (Å²) in [6.07, 6.45) is -0.626. The molecule has 1 atom stereocenters. The van der Waals surface area contributed by atoms with Crippen LogP contribution in [0, 0.1) is 11.3 Å². The second-order valence-corrected chi connectivity index (χ2v) is 4.72. The van der Waals surface area contributed by atoms with Crippen LogP contribution in [-0.4, -0.2) is 42.5 Å². The van der Waals surface area contributed by atoms with Gasteiger partial charge in [-0.25, -0.2) is 0 Å². The van der Waals surface area contributed by atoms with Crippen molar-refractivity contribution in [1.82, 2.24) is 4.90 Å². The van der Waals surface area contributed by atoms with Crippen LogP contribution in [0.1, 0.15) is 13.8 Å². The van der Waals surface area contributed by atoms with Crippen LogP contribution in [0.2, 0.25) is 0 Å². The summed E-state index contributed by atoms with van der Waals surface area (Å²) in [5.74, 6) is 0.0760. The molecule has 0 radical (unpaired) electrons. The minimum atomic E-state index is -0.626. The van der Waals surface area contributed by atoms with E-state index in [0.717, 1.165) is 0 Å². The van der Waals surface area contributed by atoms with E-state index in [1.807, 2.05) is 12.1 Å². The number of rotatable bonds is 4. The summed E-state index contributed by atoms with van der Waals surface area (Å²) in [6.45, 7) is 3.82. The number of fused-ring (bicyclic) bond motifs is 1. The Kier molecular flexibility index (Phi) is 4.43. The van der Waals surface area contributed by atoms with Crippen molar-refractivity contribution in [3.8, 4) is 11.8 Å². The van der Waals surface area contributed by atoms with Gasteiger partial charge in [-0.05, 0) is 26.0 Å². The first-order valence-corrected chi connectivity index (χ1v) is 6.80. The average Bonchev–Trinajstić information content (AvgIpc) is 2.49. The molecular weight excluding hydrogens is 270 g/mol. The number of likely N-dealkylation sites (N-methyl/N-ethyl adjacent to an activating group) is 1. The summed E-state index contributed by atoms with van der Waals surface area (Å²) in [6, 6.07) is 9.06. The fourth-order valence-corrected chi connectivity index (χ4v) is 2.22. The third kappa shape index (κ3) is 2.97. The minimum Gasteiger partial charge on any atom is -0.479 e. The maximum atomic E-state index is 12.3. The molecule has 6 heteroatoms. The van der Waals surface area contributed by atoms with Crippen LogP contribution in [0.5, 0.6) is 5.75 Å². The van der Waals surface area contributed by atoms with E-state index in [1.54, 1.807) is 32.0 Å². The van der Waals surface area contributed by atoms with Gasteiger partial charge in [0.1, 0.15) is 18.8 Å². The zero-order valence-corrected chi connectivity index (χ0v) is 12.1. The molecule has 0 saturated carbocycles. The van der Waals surface area contributed by atoms with E-state index in [0.29, 0.717) is 18.0 Å². The number of carbonyl (C=O) groups excluding carboxylic acids is 2. The zero-order chi connectivity index (χ0) is 15.4. The van der Waals surface area contributed by atoms with Gasteiger partial charge < -0.3 is 9.64 Å². The largest absolute Gasteiger partial charge is 0.479 e. The van der Waals surface area contributed by atoms with Crippen LogP contribution in [-0.2, 0) is 9.59 Å². The minimum absolute atomic E-state index is 0.0189. The Bertz CT molecular complexity index is 594. The number of nitrogens with zero attached hydrogens (tertiary/aromatic N) is 3. The Morgan fingerprint density at radius 1 is 1.48 bits per heavy atom. The lowest BCUT2D eigenvalue weighted by Crippen LogP contribution is -2.49. The van der Waals surface area contributed by atoms with Crippen LogP contribution in [0.15, 0.2) is 24.3 Å². The van der Waals surface area contributed by atoms with Crippen molar-refractivity contribution in [3.05, 3.63) is 24.3 Å². The maximum Gasteiger partial charge on any atom is 0.268 e. The molecule has 2 amide bonds. The average molecular weight is 287 g/mol. The smallest absolute Gasteiger partial charge is 0.268 e. The van der Waals surface area contributed by atoms with Crippen LogP contribution in [0.4, 0.5) is 5.69 Å². The van der Waals surface area contributed by atoms with Crippen LogP contribution < -0.4 is 9.64 Å². The van der Waals surface area contributed by atoms with Gasteiger partial charge in [-0.3, -0.25) is 14.5 Å². The van der Waals surface area contributed by atoms with Crippen LogP contribution in [0.3, 0.4) is 0 Å². The van der Waals surface area contributed by atoms with Gasteiger partial charge in [0.2, 0.25) is 5.91 Å². The van der Waals surface area contributed by atoms with Crippen molar-refractivity contribution in [2.24, 2.45) is 0 Å². The number of carbonyl (C=O) groups is 2. The van der Waals surface area contributed by atoms with Crippen LogP contribution in [0.25, 0.3) is 0 Å². The Labute approximate surface area is 123 Å². The molecule has 1 heterocycles. The predicted molar refractivity (Wildman–Crippen MR) is 76.8 cm³/mol. The lowest BCUT2D eigenvalue weighted by atomic mass is 10.2. The number of ether oxygens (including phenoxy) is 1. The number of benzene rings is 1. The van der Waals surface area contributed by atoms with E-state index in [2.05, 4.69) is 0 Å². The van der Waals surface area contributed by atoms with Crippen molar-refractivity contribution in [3.63, 3.8) is 0 Å². The number of hydrogen-bond acceptors (Lipinski definition) is 4. The van der Waals surface area contributed by atoms with E-state index in [4.69, 9.17) is 10.00 Å². The third-order valence-corrected chi connectivity index (χ3v) is 3.36. The number of para-hydroxylation sites is 2. The molecule has 1 aliphatic heterocycles. The quantitative estimate of drug-likeness (QED) is 0.779. The molecule has 0 fully saturated rings. The molecule has 6 nitrogen and oxygen atoms in total. The van der Waals surface area contributed by atoms with E-state index in [9.17, 15) is 9.59 Å². The van der Waals surface area contributed by atoms with Gasteiger partial charge in [-0.15, -0.1) is 0 Å². The van der Waals surface area contributed by atoms with Crippen molar-refractivity contribution >= 4 is 17.5 Å². The Morgan fingerprint density at radius 2 is 2.19 bits per heavy atom. The molecular formula is C15H17N3O3. The fourth-order valence-electron chi connectivity index (χ4n) is 2.22. The van der Waals surface area contributed by atoms with Gasteiger partial charge in [0.05, 0.1) is 11.8 Å². The highest BCUT2D eigenvalue weighted by Crippen LogP contribution is 2.33. The summed E-state index contributed by atoms with van der Waals surface area (Å²) in [7, 11) is 0. The molecule has 0 aromatic heterocycles. The maximum absolute atomic E-state index is 12.3. The molecule has 21 heavy (non-hydrogen) atoms. The second kappa shape index (κ2) is 6.27. The molecule has 0 spiro atoms. The normalized spacial score (nSPS) is 16.7. The topological polar surface area (TPSA) is 73.6 Å². The molecule has 2 rings (SSSR count). The van der Waals surface area contributed by atoms with Crippen LogP contribution >= 0.6 is 0 Å². The highest BCUT2D eigenvalue weighted by atomic mass is 16.5. The van der Waals surface area contributed by atoms with Gasteiger partial charge in [-0.1, -0.05) is 12.1 Å². The Hall–Kier alpha value is -2.55. The summed E-state index contributed by atoms with van der Waals surface area (Å²) < 4.78 is 5.52. The van der Waals surface area contributed by atoms with Crippen molar-refractivity contribution in [2.45, 2.75) is 20.0 Å². The van der Waals surface area contributed by atoms with Gasteiger partial charge >= 0.3 is 0 Å². The predicted octanol–water partition coefficient (Wildman–Crippen LogP) is 1.17. The van der Waals surface area contributed by atoms with E-state index >= 15 is 0 Å². The summed E-state index contributed by atoms with van der Waals surface area (Å²) in [5.41, 5.74) is 0.585. The third-order valence-electron chi connectivity index (χ3n) is 3.36. The van der Waals surface area contributed by atoms with E-state index < -0.39 is 6.10 Å². The number of hydrogen-bond donors (Lipinski definition) is 0. The molecule has 110 valence electrons. The van der Waals surface area contributed by atoms with Crippen molar-refractivity contribution < 1.29 is 14.3 Å². The highest BCUT2D eigenvalue weighted by molar-refractivity contribution is 6.03. The standard InChI is InChI=1S/C15H17N3O3/c1-3-17(9-8-16)14(19)10-18-12-6-4-5-7-13(12)21-11(2)15(18)20/h4-7,11H,3,9-10H2,1-2H3. The molecule has 0 bridgehead atoms. The number of anilines is 1. The van der Waals surface area contributed by atoms with Gasteiger partial charge in [-0.2, -0.15) is 5.26 Å². The molecule has 1 aliphatic rings. The summed E-state index contributed by atoms with van der Waals surface area (Å²) in [4.78, 5) is 27.3. The first-order valence-electron chi connectivity index (χ1n) is 6.80. The van der Waals surface area contributed by atoms with Crippen molar-refractivity contribution in [1.29, 1.82) is 5.26 Å². The molecule has 1 aromatic carbocycles. The summed E-state index contributed by atoms with van der Waals surface area (Å²) in [5, 5.41) is 8.73. The number of amides is 2. The first kappa shape index (κ1) is 14.9. The first-order chi connectivity index (χ1) is 10.1. The van der Waals surface area contributed by atoms with Gasteiger partial charge in [0.15, 0.2) is 6.10 Å². The molecule has 1 aromatic rings. The highest BCUT2D eigenvalue weighted by Gasteiger charge is 2.33. The van der Waals surface area contributed by atoms with Gasteiger partial charge in [0, 0.05) is 6.54 Å². The fraction of sp³-hybridized carbons (Fsp3) is 0.400. The SMILES string of the molecule is CCN(CC#N)C(=O)CN1C(=O)C(C)Oc2ccccc21. The molecule has 1 unspecified atom stereocenters.